The number of imide groups is 1. The first kappa shape index (κ1) is 18.0. The molecule has 1 fully saturated rings. The number of hydrogen-bond acceptors (Lipinski definition) is 4. The number of hydrogen-bond donors (Lipinski definition) is 1. The molecule has 0 aromatic heterocycles. The van der Waals surface area contributed by atoms with Crippen molar-refractivity contribution in [3.05, 3.63) is 54.1 Å². The van der Waals surface area contributed by atoms with Crippen LogP contribution in [0, 0.1) is 0 Å². The molecular formula is C21H24N2O3. The second kappa shape index (κ2) is 7.60. The van der Waals surface area contributed by atoms with Gasteiger partial charge in [-0.25, -0.2) is 4.90 Å². The summed E-state index contributed by atoms with van der Waals surface area (Å²) in [5, 5.41) is 3.21. The Kier molecular flexibility index (Phi) is 5.26. The van der Waals surface area contributed by atoms with Crippen LogP contribution in [0.1, 0.15) is 38.7 Å². The summed E-state index contributed by atoms with van der Waals surface area (Å²) in [5.41, 5.74) is 2.62. The average molecular weight is 352 g/mol. The van der Waals surface area contributed by atoms with Crippen molar-refractivity contribution in [2.75, 3.05) is 16.8 Å². The number of benzene rings is 2. The van der Waals surface area contributed by atoms with E-state index < -0.39 is 6.04 Å². The number of carbonyl (C=O) groups is 2. The summed E-state index contributed by atoms with van der Waals surface area (Å²) >= 11 is 0. The molecule has 1 heterocycles. The summed E-state index contributed by atoms with van der Waals surface area (Å²) in [5.74, 6) is 0.694. The van der Waals surface area contributed by atoms with Crippen LogP contribution in [0.3, 0.4) is 0 Å². The van der Waals surface area contributed by atoms with E-state index in [0.29, 0.717) is 18.2 Å². The Labute approximate surface area is 154 Å². The minimum atomic E-state index is -0.545. The second-order valence-corrected chi connectivity index (χ2v) is 6.68. The fraction of sp³-hybridized carbons (Fsp3) is 0.333. The van der Waals surface area contributed by atoms with Crippen LogP contribution in [0.25, 0.3) is 0 Å². The van der Waals surface area contributed by atoms with Gasteiger partial charge in [0.1, 0.15) is 11.8 Å². The van der Waals surface area contributed by atoms with Crippen molar-refractivity contribution in [1.29, 1.82) is 0 Å². The van der Waals surface area contributed by atoms with Crippen molar-refractivity contribution in [3.63, 3.8) is 0 Å². The Hall–Kier alpha value is -2.82. The third kappa shape index (κ3) is 3.72. The standard InChI is InChI=1S/C21H24N2O3/c1-4-26-18-10-8-17(9-11-18)23-20(24)13-19(21(23)25)22-16-7-5-6-15(12-16)14(2)3/h5-12,14,19,22H,4,13H2,1-3H3/t19-/m0/s1. The summed E-state index contributed by atoms with van der Waals surface area (Å²) in [6.07, 6.45) is 0.151. The highest BCUT2D eigenvalue weighted by molar-refractivity contribution is 6.23. The lowest BCUT2D eigenvalue weighted by molar-refractivity contribution is -0.121. The zero-order chi connectivity index (χ0) is 18.7. The maximum atomic E-state index is 12.8. The van der Waals surface area contributed by atoms with Crippen LogP contribution in [0.15, 0.2) is 48.5 Å². The molecule has 26 heavy (non-hydrogen) atoms. The minimum Gasteiger partial charge on any atom is -0.494 e. The molecule has 3 rings (SSSR count). The largest absolute Gasteiger partial charge is 0.494 e. The zero-order valence-electron chi connectivity index (χ0n) is 15.4. The smallest absolute Gasteiger partial charge is 0.256 e. The third-order valence-electron chi connectivity index (χ3n) is 4.45. The normalized spacial score (nSPS) is 17.1. The van der Waals surface area contributed by atoms with Crippen molar-refractivity contribution in [1.82, 2.24) is 0 Å². The van der Waals surface area contributed by atoms with Gasteiger partial charge in [-0.15, -0.1) is 0 Å². The van der Waals surface area contributed by atoms with Gasteiger partial charge in [-0.1, -0.05) is 26.0 Å². The molecule has 2 aromatic rings. The topological polar surface area (TPSA) is 58.6 Å². The lowest BCUT2D eigenvalue weighted by Crippen LogP contribution is -2.34. The van der Waals surface area contributed by atoms with E-state index in [-0.39, 0.29) is 18.2 Å². The van der Waals surface area contributed by atoms with Crippen molar-refractivity contribution in [3.8, 4) is 5.75 Å². The number of anilines is 2. The van der Waals surface area contributed by atoms with E-state index in [9.17, 15) is 9.59 Å². The van der Waals surface area contributed by atoms with E-state index >= 15 is 0 Å². The Morgan fingerprint density at radius 2 is 1.88 bits per heavy atom. The molecular weight excluding hydrogens is 328 g/mol. The van der Waals surface area contributed by atoms with Gasteiger partial charge in [-0.2, -0.15) is 0 Å². The maximum Gasteiger partial charge on any atom is 0.256 e. The molecule has 5 heteroatoms. The van der Waals surface area contributed by atoms with Gasteiger partial charge in [-0.3, -0.25) is 9.59 Å². The summed E-state index contributed by atoms with van der Waals surface area (Å²) in [4.78, 5) is 26.4. The van der Waals surface area contributed by atoms with E-state index in [1.54, 1.807) is 24.3 Å². The molecule has 1 saturated heterocycles. The highest BCUT2D eigenvalue weighted by atomic mass is 16.5. The van der Waals surface area contributed by atoms with Crippen LogP contribution in [-0.2, 0) is 9.59 Å². The van der Waals surface area contributed by atoms with Crippen molar-refractivity contribution >= 4 is 23.2 Å². The molecule has 2 aromatic carbocycles. The summed E-state index contributed by atoms with van der Waals surface area (Å²) in [6.45, 7) is 6.72. The van der Waals surface area contributed by atoms with E-state index in [4.69, 9.17) is 4.74 Å². The number of nitrogens with zero attached hydrogens (tertiary/aromatic N) is 1. The first-order chi connectivity index (χ1) is 12.5. The van der Waals surface area contributed by atoms with E-state index in [1.807, 2.05) is 25.1 Å². The molecule has 1 aliphatic rings. The van der Waals surface area contributed by atoms with Crippen LogP contribution in [0.5, 0.6) is 5.75 Å². The predicted molar refractivity (Wildman–Crippen MR) is 103 cm³/mol. The molecule has 1 N–H and O–H groups in total. The molecule has 0 saturated carbocycles. The summed E-state index contributed by atoms with van der Waals surface area (Å²) in [6, 6.07) is 14.4. The van der Waals surface area contributed by atoms with Gasteiger partial charge in [-0.05, 0) is 54.8 Å². The van der Waals surface area contributed by atoms with Gasteiger partial charge in [0.15, 0.2) is 0 Å². The van der Waals surface area contributed by atoms with Gasteiger partial charge >= 0.3 is 0 Å². The number of rotatable bonds is 6. The van der Waals surface area contributed by atoms with Crippen LogP contribution in [-0.4, -0.2) is 24.5 Å². The molecule has 0 bridgehead atoms. The van der Waals surface area contributed by atoms with Crippen molar-refractivity contribution in [2.24, 2.45) is 0 Å². The maximum absolute atomic E-state index is 12.8. The molecule has 1 aliphatic heterocycles. The predicted octanol–water partition coefficient (Wildman–Crippen LogP) is 3.95. The molecule has 0 radical (unpaired) electrons. The number of carbonyl (C=O) groups excluding carboxylic acids is 2. The van der Waals surface area contributed by atoms with Gasteiger partial charge < -0.3 is 10.1 Å². The molecule has 136 valence electrons. The lowest BCUT2D eigenvalue weighted by Gasteiger charge is -2.17. The fourth-order valence-electron chi connectivity index (χ4n) is 3.06. The Morgan fingerprint density at radius 1 is 1.15 bits per heavy atom. The molecule has 0 spiro atoms. The highest BCUT2D eigenvalue weighted by Gasteiger charge is 2.39. The van der Waals surface area contributed by atoms with Crippen molar-refractivity contribution < 1.29 is 14.3 Å². The van der Waals surface area contributed by atoms with Crippen LogP contribution in [0.2, 0.25) is 0 Å². The Morgan fingerprint density at radius 3 is 2.54 bits per heavy atom. The number of nitrogens with one attached hydrogen (secondary N) is 1. The quantitative estimate of drug-likeness (QED) is 0.800. The molecule has 2 amide bonds. The highest BCUT2D eigenvalue weighted by Crippen LogP contribution is 2.27. The summed E-state index contributed by atoms with van der Waals surface area (Å²) in [7, 11) is 0. The SMILES string of the molecule is CCOc1ccc(N2C(=O)C[C@H](Nc3cccc(C(C)C)c3)C2=O)cc1. The van der Waals surface area contributed by atoms with Crippen molar-refractivity contribution in [2.45, 2.75) is 39.2 Å². The Bertz CT molecular complexity index is 799. The van der Waals surface area contributed by atoms with E-state index in [1.165, 1.54) is 10.5 Å². The number of ether oxygens (including phenoxy) is 1. The average Bonchev–Trinajstić information content (AvgIpc) is 2.90. The Balaban J connectivity index is 1.75. The summed E-state index contributed by atoms with van der Waals surface area (Å²) < 4.78 is 5.41. The van der Waals surface area contributed by atoms with Gasteiger partial charge in [0.05, 0.1) is 18.7 Å². The second-order valence-electron chi connectivity index (χ2n) is 6.68. The third-order valence-corrected chi connectivity index (χ3v) is 4.45. The van der Waals surface area contributed by atoms with Crippen LogP contribution in [0.4, 0.5) is 11.4 Å². The molecule has 0 unspecified atom stereocenters. The minimum absolute atomic E-state index is 0.151. The van der Waals surface area contributed by atoms with Crippen LogP contribution >= 0.6 is 0 Å². The zero-order valence-corrected chi connectivity index (χ0v) is 15.4. The molecule has 1 atom stereocenters. The fourth-order valence-corrected chi connectivity index (χ4v) is 3.06. The molecule has 0 aliphatic carbocycles. The first-order valence-electron chi connectivity index (χ1n) is 8.95. The monoisotopic (exact) mass is 352 g/mol. The first-order valence-corrected chi connectivity index (χ1v) is 8.95. The van der Waals surface area contributed by atoms with Gasteiger partial charge in [0.2, 0.25) is 5.91 Å². The van der Waals surface area contributed by atoms with Crippen LogP contribution < -0.4 is 15.0 Å². The molecule has 5 nitrogen and oxygen atoms in total. The number of amides is 2. The van der Waals surface area contributed by atoms with Gasteiger partial charge in [0, 0.05) is 5.69 Å². The van der Waals surface area contributed by atoms with E-state index in [0.717, 1.165) is 11.4 Å². The lowest BCUT2D eigenvalue weighted by atomic mass is 10.0. The van der Waals surface area contributed by atoms with Gasteiger partial charge in [0.25, 0.3) is 5.91 Å². The van der Waals surface area contributed by atoms with E-state index in [2.05, 4.69) is 25.2 Å².